The minimum Gasteiger partial charge on any atom is -0.352 e. The lowest BCUT2D eigenvalue weighted by Gasteiger charge is -2.10. The van der Waals surface area contributed by atoms with Crippen molar-refractivity contribution in [1.29, 1.82) is 0 Å². The number of carbonyl (C=O) groups excluding carboxylic acids is 2. The second-order valence-electron chi connectivity index (χ2n) is 6.93. The van der Waals surface area contributed by atoms with E-state index in [1.54, 1.807) is 6.07 Å². The molecule has 4 rings (SSSR count). The third-order valence-electron chi connectivity index (χ3n) is 4.44. The molecule has 0 bridgehead atoms. The number of rotatable bonds is 6. The normalized spacial score (nSPS) is 10.7. The van der Waals surface area contributed by atoms with Crippen molar-refractivity contribution < 1.29 is 9.59 Å². The summed E-state index contributed by atoms with van der Waals surface area (Å²) in [7, 11) is 0. The summed E-state index contributed by atoms with van der Waals surface area (Å²) in [4.78, 5) is 29.8. The van der Waals surface area contributed by atoms with Gasteiger partial charge in [0.25, 0.3) is 0 Å². The van der Waals surface area contributed by atoms with Gasteiger partial charge in [-0.1, -0.05) is 24.3 Å². The van der Waals surface area contributed by atoms with Crippen LogP contribution in [0.15, 0.2) is 66.3 Å². The predicted molar refractivity (Wildman–Crippen MR) is 119 cm³/mol. The first-order chi connectivity index (χ1) is 14.5. The molecule has 2 aromatic heterocycles. The monoisotopic (exact) mass is 419 g/mol. The standard InChI is InChI=1S/C22H21N5O2S/c1-15-4-2-6-17(10-15)24-21(29)25-18-7-3-5-16(11-18)13-23-20(28)12-19-14-27-8-9-30-22(27)26-19/h2-11,14H,12-13H2,1H3,(H,23,28)(H2,24,25,29). The Morgan fingerprint density at radius 2 is 1.83 bits per heavy atom. The number of benzene rings is 2. The summed E-state index contributed by atoms with van der Waals surface area (Å²) in [6, 6.07) is 14.7. The quantitative estimate of drug-likeness (QED) is 0.438. The van der Waals surface area contributed by atoms with E-state index in [1.807, 2.05) is 71.6 Å². The molecule has 4 aromatic rings. The number of nitrogens with zero attached hydrogens (tertiary/aromatic N) is 2. The van der Waals surface area contributed by atoms with E-state index in [0.29, 0.717) is 12.2 Å². The van der Waals surface area contributed by atoms with Crippen LogP contribution >= 0.6 is 11.3 Å². The summed E-state index contributed by atoms with van der Waals surface area (Å²) in [6.07, 6.45) is 4.01. The molecule has 0 aliphatic heterocycles. The van der Waals surface area contributed by atoms with Crippen LogP contribution in [-0.2, 0) is 17.8 Å². The van der Waals surface area contributed by atoms with Crippen LogP contribution in [0, 0.1) is 6.92 Å². The van der Waals surface area contributed by atoms with Crippen molar-refractivity contribution in [1.82, 2.24) is 14.7 Å². The summed E-state index contributed by atoms with van der Waals surface area (Å²) >= 11 is 1.53. The minimum absolute atomic E-state index is 0.101. The number of aromatic nitrogens is 2. The second-order valence-corrected chi connectivity index (χ2v) is 7.80. The third-order valence-corrected chi connectivity index (χ3v) is 5.21. The fourth-order valence-electron chi connectivity index (χ4n) is 3.06. The summed E-state index contributed by atoms with van der Waals surface area (Å²) in [5, 5.41) is 10.5. The van der Waals surface area contributed by atoms with Crippen molar-refractivity contribution in [3.63, 3.8) is 0 Å². The number of anilines is 2. The topological polar surface area (TPSA) is 87.5 Å². The second kappa shape index (κ2) is 8.79. The summed E-state index contributed by atoms with van der Waals surface area (Å²) in [5.74, 6) is -0.101. The summed E-state index contributed by atoms with van der Waals surface area (Å²) in [6.45, 7) is 2.34. The number of fused-ring (bicyclic) bond motifs is 1. The van der Waals surface area contributed by atoms with Crippen LogP contribution in [0.3, 0.4) is 0 Å². The first-order valence-electron chi connectivity index (χ1n) is 9.46. The molecular weight excluding hydrogens is 398 g/mol. The Morgan fingerprint density at radius 3 is 2.60 bits per heavy atom. The number of carbonyl (C=O) groups is 2. The lowest BCUT2D eigenvalue weighted by atomic mass is 10.2. The molecule has 152 valence electrons. The van der Waals surface area contributed by atoms with Crippen LogP contribution in [0.5, 0.6) is 0 Å². The van der Waals surface area contributed by atoms with E-state index < -0.39 is 0 Å². The molecule has 0 atom stereocenters. The highest BCUT2D eigenvalue weighted by Gasteiger charge is 2.09. The van der Waals surface area contributed by atoms with Gasteiger partial charge in [0.2, 0.25) is 5.91 Å². The van der Waals surface area contributed by atoms with Crippen LogP contribution in [-0.4, -0.2) is 21.3 Å². The molecule has 0 spiro atoms. The molecule has 0 fully saturated rings. The number of aryl methyl sites for hydroxylation is 1. The van der Waals surface area contributed by atoms with E-state index >= 15 is 0 Å². The molecular formula is C22H21N5O2S. The Morgan fingerprint density at radius 1 is 1.07 bits per heavy atom. The van der Waals surface area contributed by atoms with Crippen LogP contribution in [0.4, 0.5) is 16.2 Å². The number of amides is 3. The van der Waals surface area contributed by atoms with Gasteiger partial charge < -0.3 is 16.0 Å². The van der Waals surface area contributed by atoms with Gasteiger partial charge in [0.15, 0.2) is 4.96 Å². The maximum absolute atomic E-state index is 12.2. The lowest BCUT2D eigenvalue weighted by Crippen LogP contribution is -2.25. The van der Waals surface area contributed by atoms with Gasteiger partial charge in [-0.2, -0.15) is 0 Å². The van der Waals surface area contributed by atoms with Gasteiger partial charge in [0.1, 0.15) is 0 Å². The van der Waals surface area contributed by atoms with Gasteiger partial charge >= 0.3 is 6.03 Å². The van der Waals surface area contributed by atoms with Crippen LogP contribution in [0.25, 0.3) is 4.96 Å². The van der Waals surface area contributed by atoms with Gasteiger partial charge in [-0.25, -0.2) is 9.78 Å². The van der Waals surface area contributed by atoms with Crippen molar-refractivity contribution in [2.75, 3.05) is 10.6 Å². The molecule has 2 aromatic carbocycles. The fourth-order valence-corrected chi connectivity index (χ4v) is 3.78. The average Bonchev–Trinajstić information content (AvgIpc) is 3.28. The molecule has 7 nitrogen and oxygen atoms in total. The highest BCUT2D eigenvalue weighted by Crippen LogP contribution is 2.14. The molecule has 0 unspecified atom stereocenters. The Balaban J connectivity index is 1.29. The zero-order valence-corrected chi connectivity index (χ0v) is 17.2. The number of hydrogen-bond donors (Lipinski definition) is 3. The molecule has 0 saturated heterocycles. The van der Waals surface area contributed by atoms with Crippen molar-refractivity contribution in [2.24, 2.45) is 0 Å². The van der Waals surface area contributed by atoms with Crippen molar-refractivity contribution >= 4 is 39.6 Å². The van der Waals surface area contributed by atoms with E-state index in [1.165, 1.54) is 11.3 Å². The van der Waals surface area contributed by atoms with E-state index in [-0.39, 0.29) is 18.4 Å². The van der Waals surface area contributed by atoms with Gasteiger partial charge in [-0.15, -0.1) is 11.3 Å². The van der Waals surface area contributed by atoms with Gasteiger partial charge in [-0.05, 0) is 42.3 Å². The Hall–Kier alpha value is -3.65. The molecule has 0 radical (unpaired) electrons. The predicted octanol–water partition coefficient (Wildman–Crippen LogP) is 4.21. The van der Waals surface area contributed by atoms with E-state index in [0.717, 1.165) is 27.5 Å². The number of urea groups is 1. The van der Waals surface area contributed by atoms with Crippen LogP contribution in [0.1, 0.15) is 16.8 Å². The van der Waals surface area contributed by atoms with Crippen molar-refractivity contribution in [3.05, 3.63) is 83.1 Å². The zero-order valence-electron chi connectivity index (χ0n) is 16.4. The smallest absolute Gasteiger partial charge is 0.323 e. The first kappa shape index (κ1) is 19.7. The molecule has 0 aliphatic carbocycles. The lowest BCUT2D eigenvalue weighted by molar-refractivity contribution is -0.120. The van der Waals surface area contributed by atoms with Crippen LogP contribution in [0.2, 0.25) is 0 Å². The Labute approximate surface area is 177 Å². The first-order valence-corrected chi connectivity index (χ1v) is 10.3. The highest BCUT2D eigenvalue weighted by molar-refractivity contribution is 7.15. The van der Waals surface area contributed by atoms with Gasteiger partial charge in [0, 0.05) is 35.7 Å². The zero-order chi connectivity index (χ0) is 20.9. The van der Waals surface area contributed by atoms with E-state index in [2.05, 4.69) is 20.9 Å². The number of nitrogens with one attached hydrogen (secondary N) is 3. The molecule has 0 saturated carbocycles. The summed E-state index contributed by atoms with van der Waals surface area (Å²) in [5.41, 5.74) is 4.09. The van der Waals surface area contributed by atoms with Gasteiger partial charge in [0.05, 0.1) is 12.1 Å². The fraction of sp³-hybridized carbons (Fsp3) is 0.136. The van der Waals surface area contributed by atoms with Crippen LogP contribution < -0.4 is 16.0 Å². The third kappa shape index (κ3) is 5.03. The Kier molecular flexibility index (Phi) is 5.76. The number of hydrogen-bond acceptors (Lipinski definition) is 4. The molecule has 30 heavy (non-hydrogen) atoms. The molecule has 8 heteroatoms. The highest BCUT2D eigenvalue weighted by atomic mass is 32.1. The minimum atomic E-state index is -0.318. The molecule has 2 heterocycles. The molecule has 0 aliphatic rings. The van der Waals surface area contributed by atoms with Gasteiger partial charge in [-0.3, -0.25) is 9.20 Å². The van der Waals surface area contributed by atoms with E-state index in [9.17, 15) is 9.59 Å². The number of imidazole rings is 1. The molecule has 3 amide bonds. The largest absolute Gasteiger partial charge is 0.352 e. The molecule has 3 N–H and O–H groups in total. The average molecular weight is 420 g/mol. The Bertz CT molecular complexity index is 1170. The maximum Gasteiger partial charge on any atom is 0.323 e. The SMILES string of the molecule is Cc1cccc(NC(=O)Nc2cccc(CNC(=O)Cc3cn4ccsc4n3)c2)c1. The maximum atomic E-state index is 12.2. The van der Waals surface area contributed by atoms with Crippen molar-refractivity contribution in [2.45, 2.75) is 19.9 Å². The number of thiazole rings is 1. The van der Waals surface area contributed by atoms with E-state index in [4.69, 9.17) is 0 Å². The summed E-state index contributed by atoms with van der Waals surface area (Å²) < 4.78 is 1.91. The van der Waals surface area contributed by atoms with Crippen molar-refractivity contribution in [3.8, 4) is 0 Å².